The molecule has 0 saturated carbocycles. The molecule has 0 saturated heterocycles. The third-order valence-corrected chi connectivity index (χ3v) is 4.27. The Morgan fingerprint density at radius 2 is 1.67 bits per heavy atom. The van der Waals surface area contributed by atoms with E-state index in [-0.39, 0.29) is 6.04 Å². The molecule has 0 bridgehead atoms. The van der Waals surface area contributed by atoms with E-state index in [0.29, 0.717) is 10.6 Å². The molecule has 2 rings (SSSR count). The molecule has 21 heavy (non-hydrogen) atoms. The Morgan fingerprint density at radius 3 is 2.10 bits per heavy atom. The van der Waals surface area contributed by atoms with Crippen LogP contribution in [0.5, 0.6) is 0 Å². The van der Waals surface area contributed by atoms with Crippen molar-refractivity contribution < 1.29 is 13.2 Å². The van der Waals surface area contributed by atoms with E-state index in [4.69, 9.17) is 0 Å². The third-order valence-electron chi connectivity index (χ3n) is 3.13. The van der Waals surface area contributed by atoms with Crippen molar-refractivity contribution >= 4 is 11.3 Å². The number of nitrogens with one attached hydrogen (secondary N) is 1. The van der Waals surface area contributed by atoms with Crippen molar-refractivity contribution in [3.05, 3.63) is 50.7 Å². The number of nitrogens with zero attached hydrogens (tertiary/aromatic N) is 1. The number of rotatable bonds is 4. The predicted octanol–water partition coefficient (Wildman–Crippen LogP) is 4.26. The molecule has 0 spiro atoms. The van der Waals surface area contributed by atoms with Crippen LogP contribution in [0.3, 0.4) is 0 Å². The van der Waals surface area contributed by atoms with Crippen molar-refractivity contribution in [3.63, 3.8) is 0 Å². The number of aromatic nitrogens is 1. The summed E-state index contributed by atoms with van der Waals surface area (Å²) in [4.78, 5) is 5.48. The van der Waals surface area contributed by atoms with E-state index in [1.54, 1.807) is 0 Å². The van der Waals surface area contributed by atoms with Crippen molar-refractivity contribution in [2.24, 2.45) is 0 Å². The fourth-order valence-corrected chi connectivity index (χ4v) is 3.02. The van der Waals surface area contributed by atoms with Crippen molar-refractivity contribution in [2.45, 2.75) is 39.8 Å². The molecular weight excluding hydrogens is 297 g/mol. The lowest BCUT2D eigenvalue weighted by molar-refractivity contribution is 0.440. The highest BCUT2D eigenvalue weighted by atomic mass is 32.1. The number of aryl methyl sites for hydroxylation is 2. The van der Waals surface area contributed by atoms with Gasteiger partial charge in [0.1, 0.15) is 5.01 Å². The zero-order valence-corrected chi connectivity index (χ0v) is 13.1. The molecule has 114 valence electrons. The van der Waals surface area contributed by atoms with Crippen molar-refractivity contribution in [1.29, 1.82) is 0 Å². The van der Waals surface area contributed by atoms with Gasteiger partial charge in [0.05, 0.1) is 11.7 Å². The minimum absolute atomic E-state index is 0.0793. The monoisotopic (exact) mass is 314 g/mol. The molecule has 1 unspecified atom stereocenters. The molecule has 6 heteroatoms. The van der Waals surface area contributed by atoms with Crippen molar-refractivity contribution in [1.82, 2.24) is 10.3 Å². The van der Waals surface area contributed by atoms with E-state index in [1.165, 1.54) is 11.3 Å². The van der Waals surface area contributed by atoms with E-state index >= 15 is 0 Å². The first-order valence-corrected chi connectivity index (χ1v) is 7.45. The molecule has 2 nitrogen and oxygen atoms in total. The Hall–Kier alpha value is -1.40. The van der Waals surface area contributed by atoms with Gasteiger partial charge in [0.25, 0.3) is 0 Å². The SMILES string of the molecule is Cc1nc(C(NC(C)C)c2cc(F)c(F)c(F)c2)sc1C. The fourth-order valence-electron chi connectivity index (χ4n) is 2.01. The number of halogens is 3. The first kappa shape index (κ1) is 16.0. The average molecular weight is 314 g/mol. The van der Waals surface area contributed by atoms with E-state index in [0.717, 1.165) is 22.7 Å². The molecule has 0 fully saturated rings. The van der Waals surface area contributed by atoms with Crippen molar-refractivity contribution in [2.75, 3.05) is 0 Å². The molecule has 0 radical (unpaired) electrons. The highest BCUT2D eigenvalue weighted by molar-refractivity contribution is 7.11. The van der Waals surface area contributed by atoms with Gasteiger partial charge in [-0.25, -0.2) is 18.2 Å². The Kier molecular flexibility index (Phi) is 4.68. The van der Waals surface area contributed by atoms with Crippen LogP contribution in [0.4, 0.5) is 13.2 Å². The van der Waals surface area contributed by atoms with E-state index in [9.17, 15) is 13.2 Å². The average Bonchev–Trinajstić information content (AvgIpc) is 2.72. The summed E-state index contributed by atoms with van der Waals surface area (Å²) in [6.07, 6.45) is 0. The summed E-state index contributed by atoms with van der Waals surface area (Å²) < 4.78 is 40.1. The zero-order chi connectivity index (χ0) is 15.7. The van der Waals surface area contributed by atoms with Gasteiger partial charge in [-0.05, 0) is 45.4 Å². The largest absolute Gasteiger partial charge is 0.302 e. The molecule has 1 atom stereocenters. The molecule has 1 aromatic carbocycles. The van der Waals surface area contributed by atoms with Crippen LogP contribution in [0.1, 0.15) is 41.0 Å². The van der Waals surface area contributed by atoms with Gasteiger partial charge in [-0.15, -0.1) is 11.3 Å². The molecule has 1 aromatic heterocycles. The normalized spacial score (nSPS) is 13.0. The van der Waals surface area contributed by atoms with Gasteiger partial charge < -0.3 is 5.32 Å². The van der Waals surface area contributed by atoms with Crippen LogP contribution in [0.25, 0.3) is 0 Å². The summed E-state index contributed by atoms with van der Waals surface area (Å²) >= 11 is 1.46. The van der Waals surface area contributed by atoms with Crippen molar-refractivity contribution in [3.8, 4) is 0 Å². The standard InChI is InChI=1S/C15H17F3N2S/c1-7(2)19-14(15-20-8(3)9(4)21-15)10-5-11(16)13(18)12(17)6-10/h5-7,14,19H,1-4H3. The van der Waals surface area contributed by atoms with Gasteiger partial charge in [0, 0.05) is 10.9 Å². The lowest BCUT2D eigenvalue weighted by Gasteiger charge is -2.20. The van der Waals surface area contributed by atoms with Gasteiger partial charge in [0.2, 0.25) is 0 Å². The first-order valence-electron chi connectivity index (χ1n) is 6.64. The second kappa shape index (κ2) is 6.15. The Morgan fingerprint density at radius 1 is 1.10 bits per heavy atom. The first-order chi connectivity index (χ1) is 9.79. The minimum Gasteiger partial charge on any atom is -0.302 e. The highest BCUT2D eigenvalue weighted by Gasteiger charge is 2.22. The van der Waals surface area contributed by atoms with E-state index in [1.807, 2.05) is 27.7 Å². The minimum atomic E-state index is -1.45. The lowest BCUT2D eigenvalue weighted by atomic mass is 10.1. The van der Waals surface area contributed by atoms with Crippen LogP contribution in [-0.4, -0.2) is 11.0 Å². The fraction of sp³-hybridized carbons (Fsp3) is 0.400. The summed E-state index contributed by atoms with van der Waals surface area (Å²) in [6.45, 7) is 7.68. The molecule has 1 N–H and O–H groups in total. The van der Waals surface area contributed by atoms with Crippen LogP contribution in [0, 0.1) is 31.3 Å². The molecule has 0 amide bonds. The molecular formula is C15H17F3N2S. The Labute approximate surface area is 126 Å². The summed E-state index contributed by atoms with van der Waals surface area (Å²) in [5.41, 5.74) is 1.21. The summed E-state index contributed by atoms with van der Waals surface area (Å²) in [5, 5.41) is 3.93. The molecule has 0 aliphatic rings. The second-order valence-corrected chi connectivity index (χ2v) is 6.48. The quantitative estimate of drug-likeness (QED) is 0.853. The Bertz CT molecular complexity index is 610. The highest BCUT2D eigenvalue weighted by Crippen LogP contribution is 2.30. The predicted molar refractivity (Wildman–Crippen MR) is 78.0 cm³/mol. The smallest absolute Gasteiger partial charge is 0.194 e. The van der Waals surface area contributed by atoms with Crippen LogP contribution in [-0.2, 0) is 0 Å². The number of thiazole rings is 1. The molecule has 0 aliphatic carbocycles. The maximum atomic E-state index is 13.5. The van der Waals surface area contributed by atoms with Gasteiger partial charge in [-0.3, -0.25) is 0 Å². The summed E-state index contributed by atoms with van der Waals surface area (Å²) in [6, 6.07) is 1.65. The summed E-state index contributed by atoms with van der Waals surface area (Å²) in [5.74, 6) is -3.83. The van der Waals surface area contributed by atoms with E-state index < -0.39 is 23.5 Å². The maximum Gasteiger partial charge on any atom is 0.194 e. The lowest BCUT2D eigenvalue weighted by Crippen LogP contribution is -2.29. The second-order valence-electron chi connectivity index (χ2n) is 5.25. The van der Waals surface area contributed by atoms with Crippen LogP contribution >= 0.6 is 11.3 Å². The van der Waals surface area contributed by atoms with Gasteiger partial charge >= 0.3 is 0 Å². The number of hydrogen-bond acceptors (Lipinski definition) is 3. The van der Waals surface area contributed by atoms with Gasteiger partial charge in [0.15, 0.2) is 17.5 Å². The van der Waals surface area contributed by atoms with Crippen LogP contribution in [0.2, 0.25) is 0 Å². The molecule has 1 heterocycles. The van der Waals surface area contributed by atoms with Gasteiger partial charge in [-0.2, -0.15) is 0 Å². The summed E-state index contributed by atoms with van der Waals surface area (Å²) in [7, 11) is 0. The van der Waals surface area contributed by atoms with E-state index in [2.05, 4.69) is 10.3 Å². The molecule has 0 aliphatic heterocycles. The van der Waals surface area contributed by atoms with Gasteiger partial charge in [-0.1, -0.05) is 0 Å². The number of benzene rings is 1. The molecule has 2 aromatic rings. The van der Waals surface area contributed by atoms with Crippen LogP contribution in [0.15, 0.2) is 12.1 Å². The van der Waals surface area contributed by atoms with Crippen LogP contribution < -0.4 is 5.32 Å². The maximum absolute atomic E-state index is 13.5. The topological polar surface area (TPSA) is 24.9 Å². The third kappa shape index (κ3) is 3.44. The Balaban J connectivity index is 2.50. The zero-order valence-electron chi connectivity index (χ0n) is 12.3. The number of hydrogen-bond donors (Lipinski definition) is 1.